The summed E-state index contributed by atoms with van der Waals surface area (Å²) in [4.78, 5) is 25.3. The molecule has 2 aromatic heterocycles. The van der Waals surface area contributed by atoms with Crippen LogP contribution in [0.5, 0.6) is 0 Å². The molecule has 0 atom stereocenters. The van der Waals surface area contributed by atoms with Gasteiger partial charge in [-0.1, -0.05) is 0 Å². The SMILES string of the molecule is O=C1NC(c2cc(F)cs2)=C2C(=O)NC(c3cc(F)cs3)=C12. The zero-order chi connectivity index (χ0) is 15.4. The van der Waals surface area contributed by atoms with Crippen LogP contribution in [0.3, 0.4) is 0 Å². The second-order valence-electron chi connectivity index (χ2n) is 4.67. The Morgan fingerprint density at radius 2 is 1.18 bits per heavy atom. The zero-order valence-corrected chi connectivity index (χ0v) is 12.3. The molecule has 2 aromatic rings. The van der Waals surface area contributed by atoms with Crippen molar-refractivity contribution in [3.05, 3.63) is 55.4 Å². The third kappa shape index (κ3) is 1.84. The molecule has 0 saturated carbocycles. The Kier molecular flexibility index (Phi) is 2.78. The smallest absolute Gasteiger partial charge is 0.258 e. The van der Waals surface area contributed by atoms with Crippen LogP contribution in [0.4, 0.5) is 8.78 Å². The van der Waals surface area contributed by atoms with Gasteiger partial charge in [-0.15, -0.1) is 22.7 Å². The summed E-state index contributed by atoms with van der Waals surface area (Å²) < 4.78 is 26.4. The first kappa shape index (κ1) is 13.4. The quantitative estimate of drug-likeness (QED) is 0.885. The highest BCUT2D eigenvalue weighted by Crippen LogP contribution is 2.39. The molecular formula is C14H6F2N2O2S2. The highest BCUT2D eigenvalue weighted by Gasteiger charge is 2.41. The van der Waals surface area contributed by atoms with E-state index in [0.717, 1.165) is 22.7 Å². The number of carbonyl (C=O) groups excluding carboxylic acids is 2. The van der Waals surface area contributed by atoms with Gasteiger partial charge in [0, 0.05) is 10.8 Å². The lowest BCUT2D eigenvalue weighted by Gasteiger charge is -2.03. The van der Waals surface area contributed by atoms with Gasteiger partial charge in [0.05, 0.1) is 32.3 Å². The number of thiophene rings is 2. The Balaban J connectivity index is 1.91. The van der Waals surface area contributed by atoms with Crippen LogP contribution in [0.1, 0.15) is 9.75 Å². The first-order valence-electron chi connectivity index (χ1n) is 6.15. The van der Waals surface area contributed by atoms with Crippen molar-refractivity contribution in [2.45, 2.75) is 0 Å². The molecule has 0 saturated heterocycles. The first-order valence-corrected chi connectivity index (χ1v) is 7.91. The van der Waals surface area contributed by atoms with Crippen molar-refractivity contribution in [2.24, 2.45) is 0 Å². The van der Waals surface area contributed by atoms with Crippen LogP contribution in [-0.2, 0) is 9.59 Å². The maximum absolute atomic E-state index is 13.2. The number of halogens is 2. The van der Waals surface area contributed by atoms with Gasteiger partial charge in [0.1, 0.15) is 11.6 Å². The number of hydrogen-bond donors (Lipinski definition) is 2. The molecule has 0 aromatic carbocycles. The van der Waals surface area contributed by atoms with Crippen LogP contribution in [0.15, 0.2) is 34.0 Å². The van der Waals surface area contributed by atoms with Crippen molar-refractivity contribution >= 4 is 45.9 Å². The number of carbonyl (C=O) groups is 2. The highest BCUT2D eigenvalue weighted by atomic mass is 32.1. The number of nitrogens with one attached hydrogen (secondary N) is 2. The van der Waals surface area contributed by atoms with Gasteiger partial charge in [0.25, 0.3) is 11.8 Å². The summed E-state index contributed by atoms with van der Waals surface area (Å²) in [5.41, 5.74) is 0.933. The molecule has 4 nitrogen and oxygen atoms in total. The van der Waals surface area contributed by atoms with E-state index in [2.05, 4.69) is 10.6 Å². The fourth-order valence-electron chi connectivity index (χ4n) is 2.44. The predicted molar refractivity (Wildman–Crippen MR) is 78.7 cm³/mol. The summed E-state index contributed by atoms with van der Waals surface area (Å²) in [6.45, 7) is 0. The number of rotatable bonds is 2. The fourth-order valence-corrected chi connectivity index (χ4v) is 3.96. The number of fused-ring (bicyclic) bond motifs is 1. The molecule has 0 spiro atoms. The van der Waals surface area contributed by atoms with Gasteiger partial charge >= 0.3 is 0 Å². The topological polar surface area (TPSA) is 58.2 Å². The molecule has 22 heavy (non-hydrogen) atoms. The molecule has 0 bridgehead atoms. The van der Waals surface area contributed by atoms with E-state index >= 15 is 0 Å². The van der Waals surface area contributed by atoms with Crippen molar-refractivity contribution < 1.29 is 18.4 Å². The largest absolute Gasteiger partial charge is 0.320 e. The molecule has 2 aliphatic heterocycles. The second kappa shape index (κ2) is 4.59. The fraction of sp³-hybridized carbons (Fsp3) is 0. The molecule has 110 valence electrons. The maximum atomic E-state index is 13.2. The Bertz CT molecular complexity index is 833. The third-order valence-corrected chi connectivity index (χ3v) is 5.15. The van der Waals surface area contributed by atoms with Crippen LogP contribution >= 0.6 is 22.7 Å². The van der Waals surface area contributed by atoms with E-state index in [-0.39, 0.29) is 11.1 Å². The van der Waals surface area contributed by atoms with Gasteiger partial charge in [-0.3, -0.25) is 9.59 Å². The van der Waals surface area contributed by atoms with E-state index in [9.17, 15) is 18.4 Å². The minimum absolute atomic E-state index is 0.177. The van der Waals surface area contributed by atoms with Gasteiger partial charge in [-0.25, -0.2) is 8.78 Å². The van der Waals surface area contributed by atoms with E-state index in [0.29, 0.717) is 21.1 Å². The number of hydrogen-bond acceptors (Lipinski definition) is 4. The third-order valence-electron chi connectivity index (χ3n) is 3.31. The van der Waals surface area contributed by atoms with Crippen LogP contribution < -0.4 is 10.6 Å². The van der Waals surface area contributed by atoms with Gasteiger partial charge < -0.3 is 10.6 Å². The second-order valence-corrected chi connectivity index (χ2v) is 6.49. The molecule has 0 fully saturated rings. The van der Waals surface area contributed by atoms with Crippen molar-refractivity contribution in [1.82, 2.24) is 10.6 Å². The van der Waals surface area contributed by atoms with Gasteiger partial charge in [0.2, 0.25) is 0 Å². The predicted octanol–water partition coefficient (Wildman–Crippen LogP) is 2.47. The standard InChI is InChI=1S/C14H6F2N2O2S2/c15-5-1-7(21-3-5)11-9-10(14(20)17-11)12(18-13(9)19)8-2-6(16)4-22-8/h1-4H,(H,17,20)(H,18,19). The Hall–Kier alpha value is -2.32. The van der Waals surface area contributed by atoms with Crippen molar-refractivity contribution in [1.29, 1.82) is 0 Å². The van der Waals surface area contributed by atoms with Crippen molar-refractivity contribution in [3.8, 4) is 0 Å². The Labute approximate surface area is 130 Å². The first-order chi connectivity index (χ1) is 10.5. The monoisotopic (exact) mass is 336 g/mol. The molecule has 4 rings (SSSR count). The lowest BCUT2D eigenvalue weighted by molar-refractivity contribution is -0.117. The molecule has 2 aliphatic rings. The molecule has 4 heterocycles. The van der Waals surface area contributed by atoms with Gasteiger partial charge in [-0.05, 0) is 12.1 Å². The van der Waals surface area contributed by atoms with Gasteiger partial charge in [0.15, 0.2) is 0 Å². The van der Waals surface area contributed by atoms with Crippen molar-refractivity contribution in [2.75, 3.05) is 0 Å². The van der Waals surface area contributed by atoms with Crippen LogP contribution in [0, 0.1) is 11.6 Å². The summed E-state index contributed by atoms with van der Waals surface area (Å²) in [6.07, 6.45) is 0. The van der Waals surface area contributed by atoms with Crippen LogP contribution in [-0.4, -0.2) is 11.8 Å². The Morgan fingerprint density at radius 3 is 1.50 bits per heavy atom. The average Bonchev–Trinajstić information content (AvgIpc) is 3.19. The highest BCUT2D eigenvalue weighted by molar-refractivity contribution is 7.11. The van der Waals surface area contributed by atoms with Gasteiger partial charge in [-0.2, -0.15) is 0 Å². The molecule has 2 amide bonds. The average molecular weight is 336 g/mol. The minimum Gasteiger partial charge on any atom is -0.320 e. The normalized spacial score (nSPS) is 17.2. The Morgan fingerprint density at radius 1 is 0.773 bits per heavy atom. The molecular weight excluding hydrogens is 330 g/mol. The number of amides is 2. The van der Waals surface area contributed by atoms with Crippen LogP contribution in [0.25, 0.3) is 11.4 Å². The van der Waals surface area contributed by atoms with Crippen molar-refractivity contribution in [3.63, 3.8) is 0 Å². The van der Waals surface area contributed by atoms with E-state index in [4.69, 9.17) is 0 Å². The maximum Gasteiger partial charge on any atom is 0.258 e. The molecule has 0 radical (unpaired) electrons. The molecule has 0 unspecified atom stereocenters. The van der Waals surface area contributed by atoms with E-state index < -0.39 is 23.4 Å². The van der Waals surface area contributed by atoms with Crippen LogP contribution in [0.2, 0.25) is 0 Å². The minimum atomic E-state index is -0.457. The summed E-state index contributed by atoms with van der Waals surface area (Å²) >= 11 is 2.19. The summed E-state index contributed by atoms with van der Waals surface area (Å²) in [5.74, 6) is -1.78. The summed E-state index contributed by atoms with van der Waals surface area (Å²) in [7, 11) is 0. The zero-order valence-electron chi connectivity index (χ0n) is 10.7. The summed E-state index contributed by atoms with van der Waals surface area (Å²) in [6, 6.07) is 2.51. The molecule has 0 aliphatic carbocycles. The van der Waals surface area contributed by atoms with E-state index in [1.807, 2.05) is 0 Å². The molecule has 2 N–H and O–H groups in total. The van der Waals surface area contributed by atoms with E-state index in [1.54, 1.807) is 0 Å². The molecule has 8 heteroatoms. The lowest BCUT2D eigenvalue weighted by atomic mass is 10.1. The summed E-state index contributed by atoms with van der Waals surface area (Å²) in [5, 5.41) is 7.78. The lowest BCUT2D eigenvalue weighted by Crippen LogP contribution is -2.20. The van der Waals surface area contributed by atoms with E-state index in [1.165, 1.54) is 22.9 Å².